The van der Waals surface area contributed by atoms with E-state index in [0.29, 0.717) is 17.9 Å². The second-order valence-corrected chi connectivity index (χ2v) is 6.08. The van der Waals surface area contributed by atoms with Gasteiger partial charge in [0.1, 0.15) is 22.8 Å². The van der Waals surface area contributed by atoms with Crippen molar-refractivity contribution in [3.63, 3.8) is 0 Å². The number of benzene rings is 2. The molecule has 1 atom stereocenters. The maximum Gasteiger partial charge on any atom is 0.134 e. The molecule has 3 rings (SSSR count). The van der Waals surface area contributed by atoms with Crippen LogP contribution in [0.1, 0.15) is 29.3 Å². The second-order valence-electron chi connectivity index (χ2n) is 5.64. The highest BCUT2D eigenvalue weighted by Gasteiger charge is 2.28. The van der Waals surface area contributed by atoms with Gasteiger partial charge in [-0.3, -0.25) is 4.68 Å². The Hall–Kier alpha value is -2.27. The molecule has 2 nitrogen and oxygen atoms in total. The number of nitrogens with zero attached hydrogens (tertiary/aromatic N) is 2. The summed E-state index contributed by atoms with van der Waals surface area (Å²) in [5.74, 6) is -1.90. The molecule has 130 valence electrons. The van der Waals surface area contributed by atoms with E-state index in [9.17, 15) is 13.2 Å². The fourth-order valence-electron chi connectivity index (χ4n) is 2.97. The topological polar surface area (TPSA) is 17.8 Å². The summed E-state index contributed by atoms with van der Waals surface area (Å²) in [5.41, 5.74) is 1.10. The van der Waals surface area contributed by atoms with Crippen molar-refractivity contribution < 1.29 is 13.2 Å². The lowest BCUT2D eigenvalue weighted by atomic mass is 9.97. The second kappa shape index (κ2) is 6.92. The molecule has 6 heteroatoms. The van der Waals surface area contributed by atoms with Crippen LogP contribution in [0.25, 0.3) is 11.1 Å². The van der Waals surface area contributed by atoms with Gasteiger partial charge < -0.3 is 0 Å². The van der Waals surface area contributed by atoms with E-state index in [1.807, 2.05) is 6.92 Å². The van der Waals surface area contributed by atoms with E-state index >= 15 is 0 Å². The summed E-state index contributed by atoms with van der Waals surface area (Å²) >= 11 is 6.55. The Morgan fingerprint density at radius 1 is 0.960 bits per heavy atom. The lowest BCUT2D eigenvalue weighted by Gasteiger charge is -2.16. The summed E-state index contributed by atoms with van der Waals surface area (Å²) in [7, 11) is 0. The summed E-state index contributed by atoms with van der Waals surface area (Å²) in [6.07, 6.45) is 0. The van der Waals surface area contributed by atoms with Crippen molar-refractivity contribution >= 4 is 11.6 Å². The first-order valence-electron chi connectivity index (χ1n) is 7.85. The molecule has 2 aromatic carbocycles. The van der Waals surface area contributed by atoms with E-state index < -0.39 is 22.8 Å². The van der Waals surface area contributed by atoms with Crippen LogP contribution >= 0.6 is 11.6 Å². The van der Waals surface area contributed by atoms with Crippen molar-refractivity contribution in [2.75, 3.05) is 0 Å². The molecular weight excluding hydrogens is 349 g/mol. The molecule has 1 unspecified atom stereocenters. The molecule has 0 saturated heterocycles. The third-order valence-electron chi connectivity index (χ3n) is 4.10. The number of hydrogen-bond donors (Lipinski definition) is 0. The Labute approximate surface area is 148 Å². The highest BCUT2D eigenvalue weighted by Crippen LogP contribution is 2.40. The molecule has 0 spiro atoms. The third-order valence-corrected chi connectivity index (χ3v) is 4.54. The number of alkyl halides is 1. The van der Waals surface area contributed by atoms with Crippen LogP contribution in [0.15, 0.2) is 42.5 Å². The number of hydrogen-bond acceptors (Lipinski definition) is 1. The van der Waals surface area contributed by atoms with Gasteiger partial charge in [0, 0.05) is 17.7 Å². The molecule has 0 N–H and O–H groups in total. The Kier molecular flexibility index (Phi) is 4.86. The highest BCUT2D eigenvalue weighted by molar-refractivity contribution is 6.23. The normalized spacial score (nSPS) is 12.4. The average molecular weight is 365 g/mol. The predicted octanol–water partition coefficient (Wildman–Crippen LogP) is 5.62. The van der Waals surface area contributed by atoms with Crippen LogP contribution in [0.2, 0.25) is 0 Å². The van der Waals surface area contributed by atoms with Crippen LogP contribution in [-0.2, 0) is 6.54 Å². The first kappa shape index (κ1) is 17.5. The Balaban J connectivity index is 2.29. The minimum Gasteiger partial charge on any atom is -0.267 e. The quantitative estimate of drug-likeness (QED) is 0.549. The Bertz CT molecular complexity index is 901. The zero-order chi connectivity index (χ0) is 18.1. The zero-order valence-corrected chi connectivity index (χ0v) is 14.5. The number of aryl methyl sites for hydroxylation is 2. The van der Waals surface area contributed by atoms with Crippen molar-refractivity contribution in [2.24, 2.45) is 0 Å². The molecule has 0 aliphatic heterocycles. The first-order chi connectivity index (χ1) is 12.0. The van der Waals surface area contributed by atoms with Gasteiger partial charge in [0.05, 0.1) is 17.0 Å². The zero-order valence-electron chi connectivity index (χ0n) is 13.7. The maximum absolute atomic E-state index is 14.4. The molecule has 1 aromatic heterocycles. The van der Waals surface area contributed by atoms with Crippen molar-refractivity contribution in [3.05, 3.63) is 76.9 Å². The fourth-order valence-corrected chi connectivity index (χ4v) is 3.37. The van der Waals surface area contributed by atoms with Crippen molar-refractivity contribution in [1.29, 1.82) is 0 Å². The fraction of sp³-hybridized carbons (Fsp3) is 0.211. The SMILES string of the molecule is CCn1nc(C)c(-c2c(F)cccc2F)c1C(Cl)c1ccccc1F. The van der Waals surface area contributed by atoms with Gasteiger partial charge in [-0.2, -0.15) is 5.10 Å². The van der Waals surface area contributed by atoms with Crippen LogP contribution in [0.5, 0.6) is 0 Å². The van der Waals surface area contributed by atoms with E-state index in [2.05, 4.69) is 5.10 Å². The summed E-state index contributed by atoms with van der Waals surface area (Å²) in [5, 5.41) is 3.41. The van der Waals surface area contributed by atoms with E-state index in [0.717, 1.165) is 0 Å². The summed E-state index contributed by atoms with van der Waals surface area (Å²) in [6.45, 7) is 3.92. The number of rotatable bonds is 4. The number of aromatic nitrogens is 2. The first-order valence-corrected chi connectivity index (χ1v) is 8.29. The van der Waals surface area contributed by atoms with E-state index in [1.165, 1.54) is 24.3 Å². The maximum atomic E-state index is 14.4. The Morgan fingerprint density at radius 3 is 2.16 bits per heavy atom. The van der Waals surface area contributed by atoms with Crippen LogP contribution in [-0.4, -0.2) is 9.78 Å². The monoisotopic (exact) mass is 364 g/mol. The predicted molar refractivity (Wildman–Crippen MR) is 92.1 cm³/mol. The number of halogens is 4. The van der Waals surface area contributed by atoms with Gasteiger partial charge in [-0.25, -0.2) is 13.2 Å². The summed E-state index contributed by atoms with van der Waals surface area (Å²) < 4.78 is 44.5. The minimum absolute atomic E-state index is 0.198. The van der Waals surface area contributed by atoms with Crippen LogP contribution in [0, 0.1) is 24.4 Å². The summed E-state index contributed by atoms with van der Waals surface area (Å²) in [4.78, 5) is 0. The van der Waals surface area contributed by atoms with Crippen molar-refractivity contribution in [3.8, 4) is 11.1 Å². The molecule has 0 fully saturated rings. The van der Waals surface area contributed by atoms with Gasteiger partial charge in [0.25, 0.3) is 0 Å². The van der Waals surface area contributed by atoms with E-state index in [4.69, 9.17) is 11.6 Å². The van der Waals surface area contributed by atoms with Gasteiger partial charge in [-0.05, 0) is 32.0 Å². The molecular formula is C19H16ClF3N2. The molecule has 0 aliphatic rings. The van der Waals surface area contributed by atoms with Gasteiger partial charge in [0.15, 0.2) is 0 Å². The van der Waals surface area contributed by atoms with E-state index in [-0.39, 0.29) is 16.7 Å². The van der Waals surface area contributed by atoms with Crippen LogP contribution in [0.4, 0.5) is 13.2 Å². The van der Waals surface area contributed by atoms with Gasteiger partial charge >= 0.3 is 0 Å². The molecule has 0 saturated carbocycles. The van der Waals surface area contributed by atoms with Gasteiger partial charge in [-0.15, -0.1) is 11.6 Å². The van der Waals surface area contributed by atoms with E-state index in [1.54, 1.807) is 29.8 Å². The Morgan fingerprint density at radius 2 is 1.56 bits per heavy atom. The molecule has 0 amide bonds. The third kappa shape index (κ3) is 3.04. The van der Waals surface area contributed by atoms with Crippen LogP contribution in [0.3, 0.4) is 0 Å². The minimum atomic E-state index is -0.934. The molecule has 0 bridgehead atoms. The lowest BCUT2D eigenvalue weighted by molar-refractivity contribution is 0.586. The highest BCUT2D eigenvalue weighted by atomic mass is 35.5. The molecule has 0 aliphatic carbocycles. The molecule has 0 radical (unpaired) electrons. The smallest absolute Gasteiger partial charge is 0.134 e. The largest absolute Gasteiger partial charge is 0.267 e. The molecule has 1 heterocycles. The molecule has 3 aromatic rings. The standard InChI is InChI=1S/C19H16ClF3N2/c1-3-25-19(18(20)12-7-4-5-8-13(12)21)16(11(2)24-25)17-14(22)9-6-10-15(17)23/h4-10,18H,3H2,1-2H3. The van der Waals surface area contributed by atoms with Gasteiger partial charge in [0.2, 0.25) is 0 Å². The van der Waals surface area contributed by atoms with Gasteiger partial charge in [-0.1, -0.05) is 24.3 Å². The van der Waals surface area contributed by atoms with Crippen molar-refractivity contribution in [1.82, 2.24) is 9.78 Å². The van der Waals surface area contributed by atoms with Crippen molar-refractivity contribution in [2.45, 2.75) is 25.8 Å². The summed E-state index contributed by atoms with van der Waals surface area (Å²) in [6, 6.07) is 9.72. The lowest BCUT2D eigenvalue weighted by Crippen LogP contribution is -2.08. The molecule has 25 heavy (non-hydrogen) atoms. The average Bonchev–Trinajstić information content (AvgIpc) is 2.91. The van der Waals surface area contributed by atoms with Crippen LogP contribution < -0.4 is 0 Å².